The molecule has 1 fully saturated rings. The van der Waals surface area contributed by atoms with Gasteiger partial charge in [0.1, 0.15) is 11.4 Å². The van der Waals surface area contributed by atoms with E-state index in [0.29, 0.717) is 11.8 Å². The summed E-state index contributed by atoms with van der Waals surface area (Å²) >= 11 is 0. The van der Waals surface area contributed by atoms with Gasteiger partial charge in [0, 0.05) is 17.4 Å². The molecule has 0 aromatic rings. The van der Waals surface area contributed by atoms with E-state index in [1.165, 1.54) is 0 Å². The van der Waals surface area contributed by atoms with Crippen molar-refractivity contribution >= 4 is 11.9 Å². The smallest absolute Gasteiger partial charge is 0.340 e. The Morgan fingerprint density at radius 3 is 2.82 bits per heavy atom. The molecule has 0 aromatic heterocycles. The Morgan fingerprint density at radius 1 is 1.18 bits per heavy atom. The van der Waals surface area contributed by atoms with E-state index in [9.17, 15) is 9.59 Å². The normalized spacial score (nSPS) is 37.1. The van der Waals surface area contributed by atoms with Crippen LogP contribution in [0.15, 0.2) is 46.3 Å². The molecule has 0 N–H and O–H groups in total. The standard InChI is InChI=1S/C24H28O4/c1-3-5-11-19-16-13-12-14-17(8-4-2)24(21(14)20(16)23(26)27-19)18-10-7-6-9-15(18)22(25)28-24/h6,9,11,14,17,21H,3-5,7-8,10,12-13H2,1-2H3/b19-11+/t14-,17+,21+,24-/m1/s1. The maximum absolute atomic E-state index is 12.9. The maximum atomic E-state index is 12.9. The van der Waals surface area contributed by atoms with E-state index in [-0.39, 0.29) is 17.9 Å². The number of hydrogen-bond acceptors (Lipinski definition) is 4. The van der Waals surface area contributed by atoms with E-state index >= 15 is 0 Å². The van der Waals surface area contributed by atoms with Gasteiger partial charge in [0.2, 0.25) is 0 Å². The Kier molecular flexibility index (Phi) is 4.15. The number of allylic oxidation sites excluding steroid dienone is 3. The summed E-state index contributed by atoms with van der Waals surface area (Å²) < 4.78 is 11.9. The molecule has 5 aliphatic rings. The molecular formula is C24H28O4. The van der Waals surface area contributed by atoms with E-state index in [0.717, 1.165) is 79.4 Å². The lowest BCUT2D eigenvalue weighted by atomic mass is 9.44. The molecule has 3 aliphatic carbocycles. The summed E-state index contributed by atoms with van der Waals surface area (Å²) in [6.45, 7) is 4.32. The fraction of sp³-hybridized carbons (Fsp3) is 0.583. The lowest BCUT2D eigenvalue weighted by Crippen LogP contribution is -2.65. The molecule has 2 heterocycles. The van der Waals surface area contributed by atoms with Gasteiger partial charge < -0.3 is 9.47 Å². The summed E-state index contributed by atoms with van der Waals surface area (Å²) in [5, 5.41) is 0. The van der Waals surface area contributed by atoms with Crippen LogP contribution in [-0.2, 0) is 19.1 Å². The van der Waals surface area contributed by atoms with Crippen molar-refractivity contribution in [3.8, 4) is 0 Å². The summed E-state index contributed by atoms with van der Waals surface area (Å²) in [6.07, 6.45) is 13.8. The van der Waals surface area contributed by atoms with Crippen LogP contribution in [-0.4, -0.2) is 17.5 Å². The molecule has 0 unspecified atom stereocenters. The highest BCUT2D eigenvalue weighted by atomic mass is 16.6. The fourth-order valence-electron chi connectivity index (χ4n) is 6.39. The summed E-state index contributed by atoms with van der Waals surface area (Å²) in [5.74, 6) is 1.04. The molecule has 148 valence electrons. The van der Waals surface area contributed by atoms with E-state index in [1.807, 2.05) is 6.08 Å². The second-order valence-corrected chi connectivity index (χ2v) is 8.73. The van der Waals surface area contributed by atoms with Gasteiger partial charge >= 0.3 is 11.9 Å². The van der Waals surface area contributed by atoms with Gasteiger partial charge in [0.15, 0.2) is 0 Å². The zero-order valence-electron chi connectivity index (χ0n) is 16.8. The van der Waals surface area contributed by atoms with Crippen LogP contribution in [0.4, 0.5) is 0 Å². The molecule has 5 rings (SSSR count). The van der Waals surface area contributed by atoms with Crippen molar-refractivity contribution in [3.63, 3.8) is 0 Å². The van der Waals surface area contributed by atoms with E-state index in [2.05, 4.69) is 26.0 Å². The first-order valence-electron chi connectivity index (χ1n) is 10.9. The highest BCUT2D eigenvalue weighted by Gasteiger charge is 2.71. The van der Waals surface area contributed by atoms with Gasteiger partial charge in [0.25, 0.3) is 0 Å². The van der Waals surface area contributed by atoms with Crippen molar-refractivity contribution in [1.29, 1.82) is 0 Å². The largest absolute Gasteiger partial charge is 0.450 e. The van der Waals surface area contributed by atoms with Crippen molar-refractivity contribution in [2.45, 2.75) is 70.8 Å². The van der Waals surface area contributed by atoms with Crippen LogP contribution in [0.25, 0.3) is 0 Å². The average Bonchev–Trinajstić information content (AvgIpc) is 3.19. The number of rotatable bonds is 4. The Labute approximate surface area is 166 Å². The molecule has 1 saturated carbocycles. The van der Waals surface area contributed by atoms with Crippen LogP contribution < -0.4 is 0 Å². The average molecular weight is 380 g/mol. The maximum Gasteiger partial charge on any atom is 0.340 e. The van der Waals surface area contributed by atoms with Crippen LogP contribution in [0.5, 0.6) is 0 Å². The number of ether oxygens (including phenoxy) is 2. The number of carbonyl (C=O) groups is 2. The fourth-order valence-corrected chi connectivity index (χ4v) is 6.39. The second kappa shape index (κ2) is 6.47. The van der Waals surface area contributed by atoms with Crippen molar-refractivity contribution in [1.82, 2.24) is 0 Å². The van der Waals surface area contributed by atoms with E-state index in [1.54, 1.807) is 0 Å². The van der Waals surface area contributed by atoms with E-state index in [4.69, 9.17) is 9.47 Å². The van der Waals surface area contributed by atoms with Crippen molar-refractivity contribution in [2.75, 3.05) is 0 Å². The predicted molar refractivity (Wildman–Crippen MR) is 105 cm³/mol. The summed E-state index contributed by atoms with van der Waals surface area (Å²) in [6, 6.07) is 0. The minimum Gasteiger partial charge on any atom is -0.450 e. The molecule has 0 radical (unpaired) electrons. The van der Waals surface area contributed by atoms with Crippen LogP contribution in [0.2, 0.25) is 0 Å². The number of unbranched alkanes of at least 4 members (excludes halogenated alkanes) is 1. The molecule has 0 bridgehead atoms. The lowest BCUT2D eigenvalue weighted by Gasteiger charge is -2.61. The Bertz CT molecular complexity index is 871. The Hall–Kier alpha value is -2.10. The second-order valence-electron chi connectivity index (χ2n) is 8.73. The van der Waals surface area contributed by atoms with Crippen molar-refractivity contribution < 1.29 is 19.1 Å². The third-order valence-corrected chi connectivity index (χ3v) is 7.38. The number of cyclic esters (lactones) is 1. The molecular weight excluding hydrogens is 352 g/mol. The molecule has 0 amide bonds. The topological polar surface area (TPSA) is 52.6 Å². The molecule has 1 spiro atoms. The van der Waals surface area contributed by atoms with Crippen LogP contribution in [0, 0.1) is 17.8 Å². The zero-order valence-corrected chi connectivity index (χ0v) is 16.8. The first kappa shape index (κ1) is 18.0. The van der Waals surface area contributed by atoms with E-state index < -0.39 is 5.60 Å². The van der Waals surface area contributed by atoms with Crippen LogP contribution in [0.1, 0.15) is 65.2 Å². The quantitative estimate of drug-likeness (QED) is 0.650. The van der Waals surface area contributed by atoms with Crippen molar-refractivity contribution in [3.05, 3.63) is 46.3 Å². The molecule has 0 saturated heterocycles. The van der Waals surface area contributed by atoms with Gasteiger partial charge in [-0.25, -0.2) is 9.59 Å². The van der Waals surface area contributed by atoms with Gasteiger partial charge in [-0.3, -0.25) is 0 Å². The summed E-state index contributed by atoms with van der Waals surface area (Å²) in [4.78, 5) is 25.7. The van der Waals surface area contributed by atoms with Crippen LogP contribution >= 0.6 is 0 Å². The monoisotopic (exact) mass is 380 g/mol. The molecule has 4 heteroatoms. The van der Waals surface area contributed by atoms with Crippen molar-refractivity contribution in [2.24, 2.45) is 17.8 Å². The minimum absolute atomic E-state index is 0.0317. The first-order chi connectivity index (χ1) is 13.6. The summed E-state index contributed by atoms with van der Waals surface area (Å²) in [7, 11) is 0. The third-order valence-electron chi connectivity index (χ3n) is 7.38. The molecule has 4 nitrogen and oxygen atoms in total. The number of esters is 2. The predicted octanol–water partition coefficient (Wildman–Crippen LogP) is 4.92. The summed E-state index contributed by atoms with van der Waals surface area (Å²) in [5.41, 5.74) is 3.16. The van der Waals surface area contributed by atoms with Gasteiger partial charge in [-0.15, -0.1) is 0 Å². The minimum atomic E-state index is -0.613. The molecule has 2 aliphatic heterocycles. The molecule has 28 heavy (non-hydrogen) atoms. The third kappa shape index (κ3) is 2.18. The lowest BCUT2D eigenvalue weighted by molar-refractivity contribution is -0.197. The highest BCUT2D eigenvalue weighted by Crippen LogP contribution is 2.68. The van der Waals surface area contributed by atoms with Gasteiger partial charge in [0.05, 0.1) is 11.1 Å². The zero-order chi connectivity index (χ0) is 19.5. The first-order valence-corrected chi connectivity index (χ1v) is 10.9. The SMILES string of the molecule is CCC/C=C1/OC(=O)C2=C1CC[C@H]1[C@@H]2[C@@]2(OC(=O)C3=C2CCC=C3)[C@H]1CCC. The van der Waals surface area contributed by atoms with Gasteiger partial charge in [-0.1, -0.05) is 38.8 Å². The van der Waals surface area contributed by atoms with Gasteiger partial charge in [-0.2, -0.15) is 0 Å². The number of fused-ring (bicyclic) bond motifs is 4. The van der Waals surface area contributed by atoms with Crippen LogP contribution in [0.3, 0.4) is 0 Å². The Morgan fingerprint density at radius 2 is 2.04 bits per heavy atom. The number of carbonyl (C=O) groups excluding carboxylic acids is 2. The van der Waals surface area contributed by atoms with Gasteiger partial charge in [-0.05, 0) is 56.1 Å². The number of hydrogen-bond donors (Lipinski definition) is 0. The molecule has 0 aromatic carbocycles. The highest BCUT2D eigenvalue weighted by molar-refractivity contribution is 5.99. The Balaban J connectivity index is 1.63. The molecule has 4 atom stereocenters.